The highest BCUT2D eigenvalue weighted by molar-refractivity contribution is 6.24. The quantitative estimate of drug-likeness (QED) is 0.291. The number of hydrogen-bond acceptors (Lipinski definition) is 3. The molecule has 4 rings (SSSR count). The number of nitrogens with one attached hydrogen (secondary N) is 1. The van der Waals surface area contributed by atoms with Crippen LogP contribution in [0.3, 0.4) is 0 Å². The predicted molar refractivity (Wildman–Crippen MR) is 120 cm³/mol. The van der Waals surface area contributed by atoms with Gasteiger partial charge in [-0.3, -0.25) is 14.8 Å². The third-order valence-electron chi connectivity index (χ3n) is 5.57. The molecule has 0 bridgehead atoms. The van der Waals surface area contributed by atoms with Gasteiger partial charge in [-0.1, -0.05) is 66.2 Å². The molecule has 0 aromatic heterocycles. The van der Waals surface area contributed by atoms with Gasteiger partial charge in [-0.2, -0.15) is 0 Å². The van der Waals surface area contributed by atoms with Gasteiger partial charge in [0.1, 0.15) is 0 Å². The molecule has 0 unspecified atom stereocenters. The molecule has 0 fully saturated rings. The standard InChI is InChI=1S/C26H24N2O3/c1-18-7-9-19(10-8-18)15-24(21-5-3-2-4-6-21)26(30)28-14-13-20-11-12-22(25(29)27-31)16-23(20)17-28/h2-12,15-16,31H,13-14,17H2,1H3,(H,27,29). The molecule has 3 aromatic carbocycles. The van der Waals surface area contributed by atoms with Crippen molar-refractivity contribution in [1.82, 2.24) is 10.4 Å². The lowest BCUT2D eigenvalue weighted by Crippen LogP contribution is -2.36. The first-order chi connectivity index (χ1) is 15.0. The maximum Gasteiger partial charge on any atom is 0.274 e. The van der Waals surface area contributed by atoms with Crippen LogP contribution < -0.4 is 5.48 Å². The van der Waals surface area contributed by atoms with Crippen LogP contribution in [0.4, 0.5) is 0 Å². The van der Waals surface area contributed by atoms with E-state index in [1.807, 2.05) is 78.6 Å². The number of hydrogen-bond donors (Lipinski definition) is 2. The van der Waals surface area contributed by atoms with Crippen LogP contribution in [0.25, 0.3) is 11.6 Å². The summed E-state index contributed by atoms with van der Waals surface area (Å²) in [6.07, 6.45) is 2.65. The van der Waals surface area contributed by atoms with Gasteiger partial charge in [-0.05, 0) is 53.8 Å². The Morgan fingerprint density at radius 1 is 0.935 bits per heavy atom. The molecular formula is C26H24N2O3. The molecule has 0 saturated carbocycles. The lowest BCUT2D eigenvalue weighted by Gasteiger charge is -2.30. The Balaban J connectivity index is 1.66. The van der Waals surface area contributed by atoms with Crippen LogP contribution >= 0.6 is 0 Å². The average Bonchev–Trinajstić information content (AvgIpc) is 2.82. The average molecular weight is 412 g/mol. The maximum absolute atomic E-state index is 13.6. The van der Waals surface area contributed by atoms with E-state index in [-0.39, 0.29) is 5.91 Å². The van der Waals surface area contributed by atoms with E-state index in [1.165, 1.54) is 5.56 Å². The van der Waals surface area contributed by atoms with Crippen molar-refractivity contribution < 1.29 is 14.8 Å². The fourth-order valence-electron chi connectivity index (χ4n) is 3.82. The van der Waals surface area contributed by atoms with Crippen molar-refractivity contribution in [2.75, 3.05) is 6.54 Å². The fraction of sp³-hybridized carbons (Fsp3) is 0.154. The van der Waals surface area contributed by atoms with Crippen LogP contribution in [0.5, 0.6) is 0 Å². The summed E-state index contributed by atoms with van der Waals surface area (Å²) in [7, 11) is 0. The van der Waals surface area contributed by atoms with Gasteiger partial charge in [-0.25, -0.2) is 5.48 Å². The Kier molecular flexibility index (Phi) is 5.96. The number of aryl methyl sites for hydroxylation is 1. The fourth-order valence-corrected chi connectivity index (χ4v) is 3.82. The molecule has 5 heteroatoms. The molecular weight excluding hydrogens is 388 g/mol. The number of benzene rings is 3. The Morgan fingerprint density at radius 2 is 1.68 bits per heavy atom. The summed E-state index contributed by atoms with van der Waals surface area (Å²) in [6, 6.07) is 23.1. The minimum absolute atomic E-state index is 0.0468. The molecule has 3 aromatic rings. The second-order valence-electron chi connectivity index (χ2n) is 7.74. The summed E-state index contributed by atoms with van der Waals surface area (Å²) in [5.41, 5.74) is 7.71. The lowest BCUT2D eigenvalue weighted by molar-refractivity contribution is -0.125. The third-order valence-corrected chi connectivity index (χ3v) is 5.57. The molecule has 1 aliphatic heterocycles. The molecule has 0 aliphatic carbocycles. The summed E-state index contributed by atoms with van der Waals surface area (Å²) < 4.78 is 0. The molecule has 0 spiro atoms. The molecule has 31 heavy (non-hydrogen) atoms. The highest BCUT2D eigenvalue weighted by Crippen LogP contribution is 2.26. The molecule has 1 heterocycles. The summed E-state index contributed by atoms with van der Waals surface area (Å²) >= 11 is 0. The van der Waals surface area contributed by atoms with Gasteiger partial charge < -0.3 is 4.90 Å². The van der Waals surface area contributed by atoms with Crippen LogP contribution in [0.15, 0.2) is 72.8 Å². The first kappa shape index (κ1) is 20.6. The largest absolute Gasteiger partial charge is 0.334 e. The topological polar surface area (TPSA) is 69.6 Å². The molecule has 5 nitrogen and oxygen atoms in total. The molecule has 0 atom stereocenters. The van der Waals surface area contributed by atoms with Crippen molar-refractivity contribution in [3.63, 3.8) is 0 Å². The zero-order chi connectivity index (χ0) is 21.8. The van der Waals surface area contributed by atoms with Crippen LogP contribution in [0.2, 0.25) is 0 Å². The summed E-state index contributed by atoms with van der Waals surface area (Å²) in [5, 5.41) is 8.92. The Hall–Kier alpha value is -3.70. The predicted octanol–water partition coefficient (Wildman–Crippen LogP) is 4.24. The first-order valence-electron chi connectivity index (χ1n) is 10.2. The van der Waals surface area contributed by atoms with Crippen molar-refractivity contribution in [3.05, 3.63) is 106 Å². The molecule has 2 N–H and O–H groups in total. The van der Waals surface area contributed by atoms with Crippen LogP contribution in [0.1, 0.15) is 38.2 Å². The number of hydroxylamine groups is 1. The van der Waals surface area contributed by atoms with Gasteiger partial charge in [-0.15, -0.1) is 0 Å². The molecule has 0 radical (unpaired) electrons. The smallest absolute Gasteiger partial charge is 0.274 e. The maximum atomic E-state index is 13.6. The van der Waals surface area contributed by atoms with Gasteiger partial charge in [0.2, 0.25) is 0 Å². The van der Waals surface area contributed by atoms with Crippen molar-refractivity contribution in [3.8, 4) is 0 Å². The van der Waals surface area contributed by atoms with Gasteiger partial charge >= 0.3 is 0 Å². The number of carbonyl (C=O) groups excluding carboxylic acids is 2. The van der Waals surface area contributed by atoms with E-state index in [0.717, 1.165) is 22.3 Å². The highest BCUT2D eigenvalue weighted by Gasteiger charge is 2.25. The SMILES string of the molecule is Cc1ccc(C=C(C(=O)N2CCc3ccc(C(=O)NO)cc3C2)c2ccccc2)cc1. The molecule has 0 saturated heterocycles. The molecule has 156 valence electrons. The van der Waals surface area contributed by atoms with Crippen molar-refractivity contribution >= 4 is 23.5 Å². The monoisotopic (exact) mass is 412 g/mol. The number of fused-ring (bicyclic) bond motifs is 1. The third kappa shape index (κ3) is 4.57. The van der Waals surface area contributed by atoms with Crippen LogP contribution in [-0.4, -0.2) is 28.5 Å². The van der Waals surface area contributed by atoms with E-state index in [2.05, 4.69) is 0 Å². The first-order valence-corrected chi connectivity index (χ1v) is 10.2. The summed E-state index contributed by atoms with van der Waals surface area (Å²) in [6.45, 7) is 3.06. The van der Waals surface area contributed by atoms with E-state index < -0.39 is 5.91 Å². The number of carbonyl (C=O) groups is 2. The zero-order valence-electron chi connectivity index (χ0n) is 17.3. The summed E-state index contributed by atoms with van der Waals surface area (Å²) in [4.78, 5) is 27.2. The van der Waals surface area contributed by atoms with E-state index in [4.69, 9.17) is 5.21 Å². The number of amides is 2. The number of nitrogens with zero attached hydrogens (tertiary/aromatic N) is 1. The normalized spacial score (nSPS) is 13.5. The van der Waals surface area contributed by atoms with Crippen LogP contribution in [0, 0.1) is 6.92 Å². The van der Waals surface area contributed by atoms with Crippen molar-refractivity contribution in [2.45, 2.75) is 19.9 Å². The van der Waals surface area contributed by atoms with Gasteiger partial charge in [0.15, 0.2) is 0 Å². The second kappa shape index (κ2) is 8.98. The van der Waals surface area contributed by atoms with Crippen molar-refractivity contribution in [2.24, 2.45) is 0 Å². The Labute approximate surface area is 181 Å². The molecule has 1 aliphatic rings. The lowest BCUT2D eigenvalue weighted by atomic mass is 9.95. The highest BCUT2D eigenvalue weighted by atomic mass is 16.5. The number of rotatable bonds is 4. The Bertz CT molecular complexity index is 1140. The van der Waals surface area contributed by atoms with Gasteiger partial charge in [0, 0.05) is 24.2 Å². The Morgan fingerprint density at radius 3 is 2.39 bits per heavy atom. The van der Waals surface area contributed by atoms with E-state index in [9.17, 15) is 9.59 Å². The van der Waals surface area contributed by atoms with Gasteiger partial charge in [0.05, 0.1) is 0 Å². The van der Waals surface area contributed by atoms with Gasteiger partial charge in [0.25, 0.3) is 11.8 Å². The van der Waals surface area contributed by atoms with E-state index >= 15 is 0 Å². The minimum Gasteiger partial charge on any atom is -0.334 e. The minimum atomic E-state index is -0.560. The van der Waals surface area contributed by atoms with E-state index in [0.29, 0.717) is 30.6 Å². The van der Waals surface area contributed by atoms with Crippen LogP contribution in [-0.2, 0) is 17.8 Å². The zero-order valence-corrected chi connectivity index (χ0v) is 17.3. The van der Waals surface area contributed by atoms with Crippen molar-refractivity contribution in [1.29, 1.82) is 0 Å². The van der Waals surface area contributed by atoms with E-state index in [1.54, 1.807) is 17.6 Å². The molecule has 2 amide bonds. The summed E-state index contributed by atoms with van der Waals surface area (Å²) in [5.74, 6) is -0.607. The second-order valence-corrected chi connectivity index (χ2v) is 7.74.